The van der Waals surface area contributed by atoms with E-state index in [4.69, 9.17) is 4.74 Å². The summed E-state index contributed by atoms with van der Waals surface area (Å²) in [5, 5.41) is 0. The van der Waals surface area contributed by atoms with E-state index in [1.807, 2.05) is 0 Å². The maximum Gasteiger partial charge on any atom is 0.310 e. The molecule has 16 heavy (non-hydrogen) atoms. The van der Waals surface area contributed by atoms with Crippen LogP contribution in [-0.2, 0) is 4.79 Å². The first-order valence-electron chi connectivity index (χ1n) is 4.89. The molecule has 1 rings (SSSR count). The quantitative estimate of drug-likeness (QED) is 0.337. The van der Waals surface area contributed by atoms with Crippen molar-refractivity contribution in [1.82, 2.24) is 0 Å². The Bertz CT molecular complexity index is 435. The molecule has 0 aliphatic rings. The second-order valence-electron chi connectivity index (χ2n) is 3.25. The number of rotatable bonds is 4. The molecule has 0 heterocycles. The lowest BCUT2D eigenvalue weighted by Gasteiger charge is -2.06. The van der Waals surface area contributed by atoms with Gasteiger partial charge in [-0.3, -0.25) is 14.4 Å². The maximum absolute atomic E-state index is 11.1. The van der Waals surface area contributed by atoms with Crippen molar-refractivity contribution in [3.05, 3.63) is 29.3 Å². The number of benzene rings is 1. The van der Waals surface area contributed by atoms with Crippen molar-refractivity contribution >= 4 is 18.0 Å². The van der Waals surface area contributed by atoms with Crippen molar-refractivity contribution in [2.45, 2.75) is 20.3 Å². The van der Waals surface area contributed by atoms with Crippen molar-refractivity contribution < 1.29 is 19.1 Å². The van der Waals surface area contributed by atoms with E-state index >= 15 is 0 Å². The molecule has 0 spiro atoms. The third-order valence-electron chi connectivity index (χ3n) is 2.06. The molecule has 84 valence electrons. The van der Waals surface area contributed by atoms with Gasteiger partial charge in [0.15, 0.2) is 12.1 Å². The van der Waals surface area contributed by atoms with Crippen molar-refractivity contribution in [3.8, 4) is 5.75 Å². The predicted octanol–water partition coefficient (Wildman–Crippen LogP) is 2.02. The Morgan fingerprint density at radius 2 is 2.06 bits per heavy atom. The highest BCUT2D eigenvalue weighted by Gasteiger charge is 2.09. The van der Waals surface area contributed by atoms with E-state index in [0.717, 1.165) is 0 Å². The molecule has 0 radical (unpaired) electrons. The molecule has 1 aromatic carbocycles. The van der Waals surface area contributed by atoms with Gasteiger partial charge in [0.1, 0.15) is 5.75 Å². The standard InChI is InChI=1S/C12H12O4/c1-3-12(15)16-11-5-4-9(8(2)14)6-10(11)7-13/h4-7H,3H2,1-2H3. The molecular formula is C12H12O4. The van der Waals surface area contributed by atoms with Crippen LogP contribution in [0.2, 0.25) is 0 Å². The Morgan fingerprint density at radius 1 is 1.38 bits per heavy atom. The average molecular weight is 220 g/mol. The highest BCUT2D eigenvalue weighted by molar-refractivity contribution is 5.96. The number of hydrogen-bond donors (Lipinski definition) is 0. The Hall–Kier alpha value is -1.97. The summed E-state index contributed by atoms with van der Waals surface area (Å²) in [4.78, 5) is 32.9. The van der Waals surface area contributed by atoms with Crippen LogP contribution < -0.4 is 4.74 Å². The number of hydrogen-bond acceptors (Lipinski definition) is 4. The number of Topliss-reactive ketones (excluding diaryl/α,β-unsaturated/α-hetero) is 1. The van der Waals surface area contributed by atoms with Gasteiger partial charge >= 0.3 is 5.97 Å². The van der Waals surface area contributed by atoms with Gasteiger partial charge in [0.2, 0.25) is 0 Å². The molecular weight excluding hydrogens is 208 g/mol. The summed E-state index contributed by atoms with van der Waals surface area (Å²) in [6, 6.07) is 4.38. The lowest BCUT2D eigenvalue weighted by atomic mass is 10.1. The van der Waals surface area contributed by atoms with Gasteiger partial charge in [-0.25, -0.2) is 0 Å². The number of aldehydes is 1. The Labute approximate surface area is 93.2 Å². The normalized spacial score (nSPS) is 9.62. The molecule has 4 nitrogen and oxygen atoms in total. The van der Waals surface area contributed by atoms with Crippen LogP contribution in [0.25, 0.3) is 0 Å². The number of esters is 1. The van der Waals surface area contributed by atoms with Crippen molar-refractivity contribution in [2.75, 3.05) is 0 Å². The molecule has 0 unspecified atom stereocenters. The Balaban J connectivity index is 3.06. The third kappa shape index (κ3) is 2.76. The van der Waals surface area contributed by atoms with E-state index < -0.39 is 5.97 Å². The molecule has 4 heteroatoms. The summed E-state index contributed by atoms with van der Waals surface area (Å²) in [7, 11) is 0. The van der Waals surface area contributed by atoms with Gasteiger partial charge in [-0.05, 0) is 25.1 Å². The van der Waals surface area contributed by atoms with Crippen LogP contribution in [-0.4, -0.2) is 18.0 Å². The molecule has 0 aliphatic carbocycles. The zero-order valence-corrected chi connectivity index (χ0v) is 9.15. The number of carbonyl (C=O) groups is 3. The zero-order chi connectivity index (χ0) is 12.1. The highest BCUT2D eigenvalue weighted by atomic mass is 16.5. The second kappa shape index (κ2) is 5.21. The molecule has 0 fully saturated rings. The van der Waals surface area contributed by atoms with Gasteiger partial charge in [0, 0.05) is 12.0 Å². The van der Waals surface area contributed by atoms with Gasteiger partial charge < -0.3 is 4.74 Å². The lowest BCUT2D eigenvalue weighted by molar-refractivity contribution is -0.134. The second-order valence-corrected chi connectivity index (χ2v) is 3.25. The zero-order valence-electron chi connectivity index (χ0n) is 9.15. The fourth-order valence-electron chi connectivity index (χ4n) is 1.15. The minimum absolute atomic E-state index is 0.142. The SMILES string of the molecule is CCC(=O)Oc1ccc(C(C)=O)cc1C=O. The largest absolute Gasteiger partial charge is 0.426 e. The van der Waals surface area contributed by atoms with Crippen LogP contribution in [0.5, 0.6) is 5.75 Å². The summed E-state index contributed by atoms with van der Waals surface area (Å²) < 4.78 is 4.94. The number of ketones is 1. The van der Waals surface area contributed by atoms with Gasteiger partial charge in [-0.15, -0.1) is 0 Å². The van der Waals surface area contributed by atoms with Crippen molar-refractivity contribution in [3.63, 3.8) is 0 Å². The van der Waals surface area contributed by atoms with Gasteiger partial charge in [-0.1, -0.05) is 6.92 Å². The molecule has 0 N–H and O–H groups in total. The molecule has 0 aromatic heterocycles. The van der Waals surface area contributed by atoms with E-state index in [2.05, 4.69) is 0 Å². The first-order valence-corrected chi connectivity index (χ1v) is 4.89. The van der Waals surface area contributed by atoms with Crippen molar-refractivity contribution in [2.24, 2.45) is 0 Å². The summed E-state index contributed by atoms with van der Waals surface area (Å²) >= 11 is 0. The molecule has 0 bridgehead atoms. The van der Waals surface area contributed by atoms with E-state index in [1.165, 1.54) is 25.1 Å². The van der Waals surface area contributed by atoms with E-state index in [-0.39, 0.29) is 23.5 Å². The van der Waals surface area contributed by atoms with Crippen LogP contribution >= 0.6 is 0 Å². The average Bonchev–Trinajstić information content (AvgIpc) is 2.29. The lowest BCUT2D eigenvalue weighted by Crippen LogP contribution is -2.08. The minimum Gasteiger partial charge on any atom is -0.426 e. The Kier molecular flexibility index (Phi) is 3.94. The van der Waals surface area contributed by atoms with Crippen LogP contribution in [0, 0.1) is 0 Å². The molecule has 0 amide bonds. The van der Waals surface area contributed by atoms with Gasteiger partial charge in [-0.2, -0.15) is 0 Å². The fourth-order valence-corrected chi connectivity index (χ4v) is 1.15. The molecule has 1 aromatic rings. The maximum atomic E-state index is 11.1. The van der Waals surface area contributed by atoms with E-state index in [1.54, 1.807) is 6.92 Å². The van der Waals surface area contributed by atoms with Crippen LogP contribution in [0.3, 0.4) is 0 Å². The molecule has 0 saturated carbocycles. The monoisotopic (exact) mass is 220 g/mol. The molecule has 0 aliphatic heterocycles. The summed E-state index contributed by atoms with van der Waals surface area (Å²) in [5.74, 6) is -0.373. The summed E-state index contributed by atoms with van der Waals surface area (Å²) in [6.07, 6.45) is 0.789. The first kappa shape index (κ1) is 12.1. The minimum atomic E-state index is -0.418. The molecule has 0 saturated heterocycles. The van der Waals surface area contributed by atoms with Crippen LogP contribution in [0.1, 0.15) is 41.0 Å². The van der Waals surface area contributed by atoms with Crippen molar-refractivity contribution in [1.29, 1.82) is 0 Å². The highest BCUT2D eigenvalue weighted by Crippen LogP contribution is 2.19. The predicted molar refractivity (Wildman–Crippen MR) is 57.8 cm³/mol. The van der Waals surface area contributed by atoms with Crippen LogP contribution in [0.4, 0.5) is 0 Å². The number of ether oxygens (including phenoxy) is 1. The summed E-state index contributed by atoms with van der Waals surface area (Å²) in [6.45, 7) is 3.06. The Morgan fingerprint density at radius 3 is 2.56 bits per heavy atom. The first-order chi connectivity index (χ1) is 7.58. The smallest absolute Gasteiger partial charge is 0.310 e. The topological polar surface area (TPSA) is 60.4 Å². The third-order valence-corrected chi connectivity index (χ3v) is 2.06. The molecule has 0 atom stereocenters. The van der Waals surface area contributed by atoms with Gasteiger partial charge in [0.05, 0.1) is 5.56 Å². The van der Waals surface area contributed by atoms with E-state index in [9.17, 15) is 14.4 Å². The van der Waals surface area contributed by atoms with Gasteiger partial charge in [0.25, 0.3) is 0 Å². The number of carbonyl (C=O) groups excluding carboxylic acids is 3. The van der Waals surface area contributed by atoms with Crippen LogP contribution in [0.15, 0.2) is 18.2 Å². The summed E-state index contributed by atoms with van der Waals surface area (Å²) in [5.41, 5.74) is 0.618. The van der Waals surface area contributed by atoms with E-state index in [0.29, 0.717) is 11.8 Å². The fraction of sp³-hybridized carbons (Fsp3) is 0.250.